The Balaban J connectivity index is 1.62. The fourth-order valence-electron chi connectivity index (χ4n) is 4.37. The van der Waals surface area contributed by atoms with Crippen molar-refractivity contribution in [3.05, 3.63) is 36.0 Å². The number of rotatable bonds is 1. The van der Waals surface area contributed by atoms with Crippen LogP contribution in [-0.2, 0) is 9.53 Å². The molecule has 3 heteroatoms. The van der Waals surface area contributed by atoms with E-state index in [4.69, 9.17) is 9.15 Å². The Morgan fingerprint density at radius 2 is 2.15 bits per heavy atom. The minimum absolute atomic E-state index is 0.0518. The summed E-state index contributed by atoms with van der Waals surface area (Å²) in [5.41, 5.74) is 2.45. The van der Waals surface area contributed by atoms with Crippen LogP contribution in [0.3, 0.4) is 0 Å². The first-order valence-electron chi connectivity index (χ1n) is 7.72. The molecule has 1 aliphatic heterocycles. The number of carbonyl (C=O) groups excluding carboxylic acids is 1. The Bertz CT molecular complexity index is 528. The lowest BCUT2D eigenvalue weighted by Gasteiger charge is -2.44. The number of allylic oxidation sites excluding steroid dienone is 1. The molecule has 106 valence electrons. The van der Waals surface area contributed by atoms with Crippen molar-refractivity contribution >= 4 is 5.78 Å². The molecule has 2 saturated carbocycles. The molecule has 0 saturated heterocycles. The van der Waals surface area contributed by atoms with E-state index in [0.29, 0.717) is 17.6 Å². The summed E-state index contributed by atoms with van der Waals surface area (Å²) in [6.45, 7) is 0. The number of ketones is 1. The minimum Gasteiger partial charge on any atom is -0.493 e. The average Bonchev–Trinajstić information content (AvgIpc) is 3.01. The van der Waals surface area contributed by atoms with E-state index in [-0.39, 0.29) is 12.0 Å². The molecule has 20 heavy (non-hydrogen) atoms. The topological polar surface area (TPSA) is 39.4 Å². The number of Topliss-reactive ketones (excluding diaryl/α,β-unsaturated/α-hetero) is 1. The van der Waals surface area contributed by atoms with Gasteiger partial charge in [-0.3, -0.25) is 4.79 Å². The maximum atomic E-state index is 12.4. The Kier molecular flexibility index (Phi) is 2.94. The molecule has 1 aromatic rings. The van der Waals surface area contributed by atoms with Crippen LogP contribution in [0.1, 0.15) is 50.2 Å². The van der Waals surface area contributed by atoms with Crippen LogP contribution in [0.2, 0.25) is 0 Å². The van der Waals surface area contributed by atoms with Crippen LogP contribution in [-0.4, -0.2) is 5.78 Å². The molecule has 2 fully saturated rings. The molecule has 2 unspecified atom stereocenters. The summed E-state index contributed by atoms with van der Waals surface area (Å²) in [5, 5.41) is 0. The van der Waals surface area contributed by atoms with Gasteiger partial charge in [-0.15, -0.1) is 0 Å². The van der Waals surface area contributed by atoms with Gasteiger partial charge >= 0.3 is 0 Å². The molecular weight excluding hydrogens is 252 g/mol. The zero-order chi connectivity index (χ0) is 13.5. The van der Waals surface area contributed by atoms with Gasteiger partial charge < -0.3 is 9.15 Å². The van der Waals surface area contributed by atoms with Crippen molar-refractivity contribution in [2.75, 3.05) is 0 Å². The van der Waals surface area contributed by atoms with E-state index in [1.807, 2.05) is 12.3 Å². The zero-order valence-corrected chi connectivity index (χ0v) is 11.6. The van der Waals surface area contributed by atoms with Gasteiger partial charge in [-0.1, -0.05) is 0 Å². The smallest absolute Gasteiger partial charge is 0.136 e. The lowest BCUT2D eigenvalue weighted by atomic mass is 9.61. The molecule has 0 amide bonds. The molecule has 0 bridgehead atoms. The molecular formula is C17H20O3. The highest BCUT2D eigenvalue weighted by Crippen LogP contribution is 2.50. The molecule has 0 radical (unpaired) electrons. The van der Waals surface area contributed by atoms with Crippen molar-refractivity contribution in [3.8, 4) is 0 Å². The maximum absolute atomic E-state index is 12.4. The Morgan fingerprint density at radius 1 is 1.20 bits per heavy atom. The van der Waals surface area contributed by atoms with Crippen LogP contribution in [0.15, 0.2) is 34.8 Å². The first kappa shape index (κ1) is 12.2. The summed E-state index contributed by atoms with van der Waals surface area (Å²) in [6, 6.07) is 1.96. The van der Waals surface area contributed by atoms with Crippen molar-refractivity contribution in [2.45, 2.75) is 44.6 Å². The summed E-state index contributed by atoms with van der Waals surface area (Å²) in [6.07, 6.45) is 11.7. The normalized spacial score (nSPS) is 36.6. The van der Waals surface area contributed by atoms with Gasteiger partial charge in [0.1, 0.15) is 11.9 Å². The van der Waals surface area contributed by atoms with Crippen LogP contribution in [0.5, 0.6) is 0 Å². The predicted octanol–water partition coefficient (Wildman–Crippen LogP) is 4.02. The van der Waals surface area contributed by atoms with Crippen LogP contribution in [0, 0.1) is 17.8 Å². The maximum Gasteiger partial charge on any atom is 0.136 e. The second-order valence-electron chi connectivity index (χ2n) is 6.40. The summed E-state index contributed by atoms with van der Waals surface area (Å²) in [7, 11) is 0. The molecule has 2 heterocycles. The number of fused-ring (bicyclic) bond motifs is 3. The second kappa shape index (κ2) is 4.80. The van der Waals surface area contributed by atoms with Gasteiger partial charge in [0.25, 0.3) is 0 Å². The van der Waals surface area contributed by atoms with Crippen LogP contribution in [0.25, 0.3) is 0 Å². The number of carbonyl (C=O) groups is 1. The first-order chi connectivity index (χ1) is 9.83. The summed E-state index contributed by atoms with van der Waals surface area (Å²) >= 11 is 0. The SMILES string of the molecule is O=C1CCCC2CCC3=CO[C@H](c4ccoc4)CC3[C@@H]12. The van der Waals surface area contributed by atoms with Gasteiger partial charge in [0, 0.05) is 17.9 Å². The largest absolute Gasteiger partial charge is 0.493 e. The lowest BCUT2D eigenvalue weighted by molar-refractivity contribution is -0.130. The Morgan fingerprint density at radius 3 is 3.00 bits per heavy atom. The third-order valence-corrected chi connectivity index (χ3v) is 5.36. The van der Waals surface area contributed by atoms with Crippen LogP contribution >= 0.6 is 0 Å². The lowest BCUT2D eigenvalue weighted by Crippen LogP contribution is -2.40. The van der Waals surface area contributed by atoms with E-state index >= 15 is 0 Å². The third-order valence-electron chi connectivity index (χ3n) is 5.36. The summed E-state index contributed by atoms with van der Waals surface area (Å²) in [4.78, 5) is 12.4. The predicted molar refractivity (Wildman–Crippen MR) is 73.8 cm³/mol. The van der Waals surface area contributed by atoms with E-state index in [1.54, 1.807) is 12.5 Å². The van der Waals surface area contributed by atoms with Crippen LogP contribution in [0.4, 0.5) is 0 Å². The molecule has 3 aliphatic rings. The Hall–Kier alpha value is -1.51. The molecule has 2 aliphatic carbocycles. The van der Waals surface area contributed by atoms with E-state index in [2.05, 4.69) is 0 Å². The van der Waals surface area contributed by atoms with Gasteiger partial charge in [0.05, 0.1) is 18.8 Å². The molecule has 3 nitrogen and oxygen atoms in total. The van der Waals surface area contributed by atoms with E-state index in [1.165, 1.54) is 18.4 Å². The summed E-state index contributed by atoms with van der Waals surface area (Å²) in [5.74, 6) is 1.75. The summed E-state index contributed by atoms with van der Waals surface area (Å²) < 4.78 is 11.0. The minimum atomic E-state index is 0.0518. The first-order valence-corrected chi connectivity index (χ1v) is 7.72. The fourth-order valence-corrected chi connectivity index (χ4v) is 4.37. The van der Waals surface area contributed by atoms with Gasteiger partial charge in [-0.2, -0.15) is 0 Å². The van der Waals surface area contributed by atoms with Gasteiger partial charge in [-0.05, 0) is 55.6 Å². The quantitative estimate of drug-likeness (QED) is 0.775. The fraction of sp³-hybridized carbons (Fsp3) is 0.588. The van der Waals surface area contributed by atoms with Crippen molar-refractivity contribution in [2.24, 2.45) is 17.8 Å². The number of hydrogen-bond donors (Lipinski definition) is 0. The highest BCUT2D eigenvalue weighted by atomic mass is 16.5. The van der Waals surface area contributed by atoms with Crippen molar-refractivity contribution in [3.63, 3.8) is 0 Å². The molecule has 0 N–H and O–H groups in total. The van der Waals surface area contributed by atoms with Crippen molar-refractivity contribution in [1.82, 2.24) is 0 Å². The zero-order valence-electron chi connectivity index (χ0n) is 11.6. The molecule has 4 atom stereocenters. The van der Waals surface area contributed by atoms with Crippen molar-refractivity contribution < 1.29 is 13.9 Å². The standard InChI is InChI=1S/C17H20O3/c18-15-3-1-2-11-4-5-12-10-20-16(8-14(12)17(11)15)13-6-7-19-9-13/h6-7,9-11,14,16-17H,1-5,8H2/t11?,14?,16-,17-/m0/s1. The van der Waals surface area contributed by atoms with Gasteiger partial charge in [0.2, 0.25) is 0 Å². The molecule has 1 aromatic heterocycles. The van der Waals surface area contributed by atoms with E-state index in [9.17, 15) is 4.79 Å². The van der Waals surface area contributed by atoms with Gasteiger partial charge in [0.15, 0.2) is 0 Å². The van der Waals surface area contributed by atoms with Crippen molar-refractivity contribution in [1.29, 1.82) is 0 Å². The number of ether oxygens (including phenoxy) is 1. The highest BCUT2D eigenvalue weighted by Gasteiger charge is 2.44. The number of furan rings is 1. The molecule has 0 aromatic carbocycles. The monoisotopic (exact) mass is 272 g/mol. The third kappa shape index (κ3) is 1.91. The number of hydrogen-bond acceptors (Lipinski definition) is 3. The second-order valence-corrected chi connectivity index (χ2v) is 6.40. The van der Waals surface area contributed by atoms with Crippen LogP contribution < -0.4 is 0 Å². The molecule has 4 rings (SSSR count). The Labute approximate surface area is 119 Å². The average molecular weight is 272 g/mol. The van der Waals surface area contributed by atoms with Gasteiger partial charge in [-0.25, -0.2) is 0 Å². The van der Waals surface area contributed by atoms with E-state index < -0.39 is 0 Å². The molecule has 0 spiro atoms. The van der Waals surface area contributed by atoms with E-state index in [0.717, 1.165) is 31.2 Å². The highest BCUT2D eigenvalue weighted by molar-refractivity contribution is 5.83.